The molecule has 0 saturated carbocycles. The van der Waals surface area contributed by atoms with E-state index in [-0.39, 0.29) is 30.0 Å². The summed E-state index contributed by atoms with van der Waals surface area (Å²) in [6, 6.07) is 14.2. The van der Waals surface area contributed by atoms with Crippen LogP contribution >= 0.6 is 0 Å². The molecule has 2 aromatic carbocycles. The second-order valence-electron chi connectivity index (χ2n) is 9.39. The Labute approximate surface area is 209 Å². The van der Waals surface area contributed by atoms with E-state index in [1.54, 1.807) is 24.4 Å². The van der Waals surface area contributed by atoms with E-state index in [0.29, 0.717) is 35.3 Å². The second-order valence-corrected chi connectivity index (χ2v) is 9.39. The molecule has 1 aliphatic heterocycles. The standard InChI is InChI=1S/C28H29FN4O3/c1-17(2)22-14-18(6-8-23(22)29)31-28-32-24-16-20(7-9-25(24)33(28)3)36-21-10-11-30-19(13-21)15-26(34)27-5-4-12-35-27/h6-11,13-14,16-17,27H,4-5,12,15H2,1-3H3,(H,31,32). The van der Waals surface area contributed by atoms with Crippen LogP contribution in [0.2, 0.25) is 0 Å². The van der Waals surface area contributed by atoms with E-state index in [0.717, 1.165) is 29.6 Å². The second kappa shape index (κ2) is 10.1. The minimum absolute atomic E-state index is 0.0498. The van der Waals surface area contributed by atoms with Crippen molar-refractivity contribution >= 4 is 28.5 Å². The van der Waals surface area contributed by atoms with Crippen LogP contribution in [0.3, 0.4) is 0 Å². The highest BCUT2D eigenvalue weighted by Crippen LogP contribution is 2.29. The Kier molecular flexibility index (Phi) is 6.69. The number of hydrogen-bond acceptors (Lipinski definition) is 6. The summed E-state index contributed by atoms with van der Waals surface area (Å²) in [5, 5.41) is 3.30. The molecule has 0 aliphatic carbocycles. The molecular formula is C28H29FN4O3. The SMILES string of the molecule is CC(C)c1cc(Nc2nc3cc(Oc4ccnc(CC(=O)C5CCCO5)c4)ccc3n2C)ccc1F. The summed E-state index contributed by atoms with van der Waals surface area (Å²) in [5.41, 5.74) is 3.76. The summed E-state index contributed by atoms with van der Waals surface area (Å²) in [5.74, 6) is 1.78. The molecule has 1 fully saturated rings. The zero-order chi connectivity index (χ0) is 25.2. The summed E-state index contributed by atoms with van der Waals surface area (Å²) in [6.07, 6.45) is 3.23. The molecule has 7 nitrogen and oxygen atoms in total. The largest absolute Gasteiger partial charge is 0.457 e. The maximum absolute atomic E-state index is 14.1. The van der Waals surface area contributed by atoms with Crippen molar-refractivity contribution in [1.82, 2.24) is 14.5 Å². The number of imidazole rings is 1. The lowest BCUT2D eigenvalue weighted by Gasteiger charge is -2.11. The van der Waals surface area contributed by atoms with Crippen molar-refractivity contribution in [2.45, 2.75) is 45.1 Å². The van der Waals surface area contributed by atoms with Crippen LogP contribution in [0.1, 0.15) is 43.9 Å². The first-order chi connectivity index (χ1) is 17.4. The first-order valence-corrected chi connectivity index (χ1v) is 12.2. The highest BCUT2D eigenvalue weighted by Gasteiger charge is 2.24. The summed E-state index contributed by atoms with van der Waals surface area (Å²) in [6.45, 7) is 4.57. The number of pyridine rings is 1. The Morgan fingerprint density at radius 2 is 2.03 bits per heavy atom. The van der Waals surface area contributed by atoms with Crippen LogP contribution in [0, 0.1) is 5.82 Å². The fraction of sp³-hybridized carbons (Fsp3) is 0.321. The van der Waals surface area contributed by atoms with Crippen LogP contribution in [0.25, 0.3) is 11.0 Å². The fourth-order valence-electron chi connectivity index (χ4n) is 4.42. The van der Waals surface area contributed by atoms with Crippen molar-refractivity contribution in [3.8, 4) is 11.5 Å². The highest BCUT2D eigenvalue weighted by atomic mass is 19.1. The lowest BCUT2D eigenvalue weighted by molar-refractivity contribution is -0.127. The van der Waals surface area contributed by atoms with Gasteiger partial charge in [0.25, 0.3) is 0 Å². The Morgan fingerprint density at radius 1 is 1.19 bits per heavy atom. The van der Waals surface area contributed by atoms with Gasteiger partial charge in [0.15, 0.2) is 5.78 Å². The fourth-order valence-corrected chi connectivity index (χ4v) is 4.42. The van der Waals surface area contributed by atoms with Gasteiger partial charge in [0, 0.05) is 37.7 Å². The van der Waals surface area contributed by atoms with E-state index in [4.69, 9.17) is 14.5 Å². The van der Waals surface area contributed by atoms with Crippen molar-refractivity contribution in [3.63, 3.8) is 0 Å². The third-order valence-electron chi connectivity index (χ3n) is 6.39. The average Bonchev–Trinajstić information content (AvgIpc) is 3.49. The molecule has 1 aliphatic rings. The number of aromatic nitrogens is 3. The third kappa shape index (κ3) is 5.09. The minimum Gasteiger partial charge on any atom is -0.457 e. The van der Waals surface area contributed by atoms with Crippen LogP contribution in [-0.4, -0.2) is 33.0 Å². The smallest absolute Gasteiger partial charge is 0.208 e. The molecule has 36 heavy (non-hydrogen) atoms. The third-order valence-corrected chi connectivity index (χ3v) is 6.39. The summed E-state index contributed by atoms with van der Waals surface area (Å²) < 4.78 is 27.6. The highest BCUT2D eigenvalue weighted by molar-refractivity contribution is 5.85. The predicted molar refractivity (Wildman–Crippen MR) is 136 cm³/mol. The summed E-state index contributed by atoms with van der Waals surface area (Å²) >= 11 is 0. The Hall–Kier alpha value is -3.78. The monoisotopic (exact) mass is 488 g/mol. The molecule has 1 unspecified atom stereocenters. The van der Waals surface area contributed by atoms with E-state index in [2.05, 4.69) is 10.3 Å². The number of aryl methyl sites for hydroxylation is 1. The molecule has 1 saturated heterocycles. The number of hydrogen-bond donors (Lipinski definition) is 1. The molecule has 186 valence electrons. The lowest BCUT2D eigenvalue weighted by Crippen LogP contribution is -2.21. The molecule has 1 atom stereocenters. The van der Waals surface area contributed by atoms with E-state index >= 15 is 0 Å². The number of ether oxygens (including phenoxy) is 2. The zero-order valence-corrected chi connectivity index (χ0v) is 20.6. The van der Waals surface area contributed by atoms with E-state index in [1.165, 1.54) is 6.07 Å². The van der Waals surface area contributed by atoms with Gasteiger partial charge in [-0.25, -0.2) is 9.37 Å². The number of fused-ring (bicyclic) bond motifs is 1. The summed E-state index contributed by atoms with van der Waals surface area (Å²) in [7, 11) is 1.92. The molecule has 1 N–H and O–H groups in total. The van der Waals surface area contributed by atoms with E-state index in [9.17, 15) is 9.18 Å². The first kappa shape index (κ1) is 23.9. The summed E-state index contributed by atoms with van der Waals surface area (Å²) in [4.78, 5) is 21.5. The van der Waals surface area contributed by atoms with Gasteiger partial charge in [-0.3, -0.25) is 9.78 Å². The first-order valence-electron chi connectivity index (χ1n) is 12.2. The number of benzene rings is 2. The van der Waals surface area contributed by atoms with Gasteiger partial charge in [-0.05, 0) is 60.7 Å². The minimum atomic E-state index is -0.322. The van der Waals surface area contributed by atoms with Gasteiger partial charge < -0.3 is 19.4 Å². The molecule has 4 aromatic rings. The molecule has 2 aromatic heterocycles. The van der Waals surface area contributed by atoms with Gasteiger partial charge in [-0.15, -0.1) is 0 Å². The normalized spacial score (nSPS) is 15.5. The number of ketones is 1. The van der Waals surface area contributed by atoms with Crippen LogP contribution < -0.4 is 10.1 Å². The predicted octanol–water partition coefficient (Wildman–Crippen LogP) is 6.06. The molecule has 8 heteroatoms. The van der Waals surface area contributed by atoms with Crippen molar-refractivity contribution < 1.29 is 18.7 Å². The Bertz CT molecular complexity index is 1410. The number of carbonyl (C=O) groups is 1. The Balaban J connectivity index is 1.33. The number of nitrogens with one attached hydrogen (secondary N) is 1. The van der Waals surface area contributed by atoms with Crippen LogP contribution in [0.5, 0.6) is 11.5 Å². The van der Waals surface area contributed by atoms with Gasteiger partial charge in [-0.2, -0.15) is 0 Å². The maximum Gasteiger partial charge on any atom is 0.208 e. The van der Waals surface area contributed by atoms with E-state index in [1.807, 2.05) is 49.7 Å². The van der Waals surface area contributed by atoms with E-state index < -0.39 is 0 Å². The lowest BCUT2D eigenvalue weighted by atomic mass is 10.0. The number of anilines is 2. The number of Topliss-reactive ketones (excluding diaryl/α,β-unsaturated/α-hetero) is 1. The van der Waals surface area contributed by atoms with Crippen LogP contribution in [0.4, 0.5) is 16.0 Å². The Morgan fingerprint density at radius 3 is 2.81 bits per heavy atom. The number of nitrogens with zero attached hydrogens (tertiary/aromatic N) is 3. The van der Waals surface area contributed by atoms with Gasteiger partial charge in [0.1, 0.15) is 23.4 Å². The molecule has 3 heterocycles. The maximum atomic E-state index is 14.1. The molecule has 0 bridgehead atoms. The average molecular weight is 489 g/mol. The molecule has 0 radical (unpaired) electrons. The van der Waals surface area contributed by atoms with Crippen molar-refractivity contribution in [3.05, 3.63) is 71.8 Å². The molecule has 5 rings (SSSR count). The molecule has 0 spiro atoms. The number of carbonyl (C=O) groups excluding carboxylic acids is 1. The number of halogens is 1. The van der Waals surface area contributed by atoms with Crippen molar-refractivity contribution in [1.29, 1.82) is 0 Å². The quantitative estimate of drug-likeness (QED) is 0.325. The van der Waals surface area contributed by atoms with Gasteiger partial charge >= 0.3 is 0 Å². The van der Waals surface area contributed by atoms with Crippen molar-refractivity contribution in [2.75, 3.05) is 11.9 Å². The van der Waals surface area contributed by atoms with Gasteiger partial charge in [0.2, 0.25) is 5.95 Å². The number of rotatable bonds is 8. The molecular weight excluding hydrogens is 459 g/mol. The van der Waals surface area contributed by atoms with Gasteiger partial charge in [-0.1, -0.05) is 13.8 Å². The van der Waals surface area contributed by atoms with Gasteiger partial charge in [0.05, 0.1) is 23.1 Å². The van der Waals surface area contributed by atoms with Crippen molar-refractivity contribution in [2.24, 2.45) is 7.05 Å². The molecule has 0 amide bonds. The topological polar surface area (TPSA) is 78.3 Å². The zero-order valence-electron chi connectivity index (χ0n) is 20.6. The van der Waals surface area contributed by atoms with Crippen LogP contribution in [0.15, 0.2) is 54.7 Å². The van der Waals surface area contributed by atoms with Crippen LogP contribution in [-0.2, 0) is 23.0 Å².